The first-order chi connectivity index (χ1) is 15.8. The van der Waals surface area contributed by atoms with Gasteiger partial charge in [-0.25, -0.2) is 19.3 Å². The molecule has 0 aliphatic heterocycles. The van der Waals surface area contributed by atoms with Crippen molar-refractivity contribution in [1.82, 2.24) is 29.7 Å². The van der Waals surface area contributed by atoms with E-state index in [0.29, 0.717) is 29.4 Å². The molecule has 0 bridgehead atoms. The van der Waals surface area contributed by atoms with Gasteiger partial charge in [-0.2, -0.15) is 5.10 Å². The fourth-order valence-electron chi connectivity index (χ4n) is 3.46. The van der Waals surface area contributed by atoms with Crippen LogP contribution in [0.15, 0.2) is 55.0 Å². The fraction of sp³-hybridized carbons (Fsp3) is 0.167. The van der Waals surface area contributed by atoms with Gasteiger partial charge in [-0.3, -0.25) is 4.68 Å². The Labute approximate surface area is 191 Å². The number of aromatic nitrogens is 6. The standard InChI is InChI=1S/C24H22FN7Si/c1-33(2,3)10-9-21-30-22-23(26-15-27-24(22)31-21)29-19-7-8-20-17(12-19)13-28-32(20)14-16-5-4-6-18(25)11-16/h4-8,11-13,15H,14H2,1-3H3,(H2,26,27,29,30,31). The van der Waals surface area contributed by atoms with Gasteiger partial charge in [0.05, 0.1) is 18.3 Å². The summed E-state index contributed by atoms with van der Waals surface area (Å²) in [6.45, 7) is 7.06. The highest BCUT2D eigenvalue weighted by Gasteiger charge is 2.12. The first-order valence-electron chi connectivity index (χ1n) is 10.5. The molecule has 3 heterocycles. The lowest BCUT2D eigenvalue weighted by Crippen LogP contribution is -2.16. The van der Waals surface area contributed by atoms with Gasteiger partial charge >= 0.3 is 0 Å². The zero-order chi connectivity index (χ0) is 23.0. The molecule has 0 unspecified atom stereocenters. The van der Waals surface area contributed by atoms with Gasteiger partial charge in [0.25, 0.3) is 0 Å². The molecule has 2 aromatic carbocycles. The van der Waals surface area contributed by atoms with Gasteiger partial charge in [-0.05, 0) is 41.8 Å². The van der Waals surface area contributed by atoms with Crippen molar-refractivity contribution >= 4 is 41.6 Å². The van der Waals surface area contributed by atoms with Crippen LogP contribution in [0.1, 0.15) is 11.4 Å². The summed E-state index contributed by atoms with van der Waals surface area (Å²) in [6, 6.07) is 12.5. The van der Waals surface area contributed by atoms with Gasteiger partial charge in [0.15, 0.2) is 17.3 Å². The van der Waals surface area contributed by atoms with Crippen molar-refractivity contribution in [3.63, 3.8) is 0 Å². The zero-order valence-electron chi connectivity index (χ0n) is 18.5. The lowest BCUT2D eigenvalue weighted by atomic mass is 10.2. The van der Waals surface area contributed by atoms with Crippen LogP contribution < -0.4 is 5.32 Å². The Kier molecular flexibility index (Phi) is 5.15. The minimum Gasteiger partial charge on any atom is -0.338 e. The number of hydrogen-bond acceptors (Lipinski definition) is 5. The van der Waals surface area contributed by atoms with Gasteiger partial charge in [-0.1, -0.05) is 31.8 Å². The van der Waals surface area contributed by atoms with Crippen LogP contribution in [0.2, 0.25) is 19.6 Å². The largest absolute Gasteiger partial charge is 0.338 e. The number of H-pyrrole nitrogens is 1. The summed E-state index contributed by atoms with van der Waals surface area (Å²) in [5.41, 5.74) is 7.26. The SMILES string of the molecule is C[Si](C)(C)C#Cc1nc2ncnc(Nc3ccc4c(cnn4Cc4cccc(F)c4)c3)c2[nH]1. The number of rotatable bonds is 4. The van der Waals surface area contributed by atoms with Crippen molar-refractivity contribution in [2.45, 2.75) is 26.2 Å². The predicted octanol–water partition coefficient (Wildman–Crippen LogP) is 4.86. The number of fused-ring (bicyclic) bond motifs is 2. The number of anilines is 2. The molecule has 5 rings (SSSR count). The van der Waals surface area contributed by atoms with Crippen molar-refractivity contribution < 1.29 is 4.39 Å². The molecule has 0 aliphatic rings. The smallest absolute Gasteiger partial charge is 0.184 e. The summed E-state index contributed by atoms with van der Waals surface area (Å²) >= 11 is 0. The van der Waals surface area contributed by atoms with E-state index in [-0.39, 0.29) is 5.82 Å². The van der Waals surface area contributed by atoms with Gasteiger partial charge in [0, 0.05) is 11.1 Å². The van der Waals surface area contributed by atoms with E-state index in [1.54, 1.807) is 12.3 Å². The molecular formula is C24H22FN7Si. The van der Waals surface area contributed by atoms with Gasteiger partial charge in [-0.15, -0.1) is 5.54 Å². The molecule has 0 radical (unpaired) electrons. The van der Waals surface area contributed by atoms with E-state index in [1.165, 1.54) is 18.5 Å². The van der Waals surface area contributed by atoms with Crippen LogP contribution in [0, 0.1) is 17.3 Å². The Morgan fingerprint density at radius 2 is 2.00 bits per heavy atom. The molecule has 0 saturated carbocycles. The number of aromatic amines is 1. The Morgan fingerprint density at radius 3 is 2.82 bits per heavy atom. The Morgan fingerprint density at radius 1 is 1.12 bits per heavy atom. The van der Waals surface area contributed by atoms with Gasteiger partial charge in [0.2, 0.25) is 0 Å². The summed E-state index contributed by atoms with van der Waals surface area (Å²) in [6.07, 6.45) is 3.28. The minimum absolute atomic E-state index is 0.250. The molecule has 0 atom stereocenters. The van der Waals surface area contributed by atoms with Crippen molar-refractivity contribution in [3.8, 4) is 11.5 Å². The third-order valence-electron chi connectivity index (χ3n) is 4.97. The number of nitrogens with zero attached hydrogens (tertiary/aromatic N) is 5. The number of nitrogens with one attached hydrogen (secondary N) is 2. The second-order valence-electron chi connectivity index (χ2n) is 8.84. The average molecular weight is 456 g/mol. The van der Waals surface area contributed by atoms with Crippen LogP contribution >= 0.6 is 0 Å². The average Bonchev–Trinajstić information content (AvgIpc) is 3.36. The lowest BCUT2D eigenvalue weighted by Gasteiger charge is -2.07. The summed E-state index contributed by atoms with van der Waals surface area (Å²) in [4.78, 5) is 16.4. The summed E-state index contributed by atoms with van der Waals surface area (Å²) in [5, 5.41) is 8.78. The van der Waals surface area contributed by atoms with Crippen molar-refractivity contribution in [1.29, 1.82) is 0 Å². The Bertz CT molecular complexity index is 1540. The molecule has 3 aromatic heterocycles. The van der Waals surface area contributed by atoms with Crippen LogP contribution in [0.3, 0.4) is 0 Å². The highest BCUT2D eigenvalue weighted by atomic mass is 28.3. The zero-order valence-corrected chi connectivity index (χ0v) is 19.5. The molecule has 0 fully saturated rings. The molecule has 5 aromatic rings. The van der Waals surface area contributed by atoms with E-state index in [4.69, 9.17) is 0 Å². The predicted molar refractivity (Wildman–Crippen MR) is 130 cm³/mol. The number of halogens is 1. The molecule has 9 heteroatoms. The van der Waals surface area contributed by atoms with Crippen LogP contribution in [0.5, 0.6) is 0 Å². The Balaban J connectivity index is 1.42. The van der Waals surface area contributed by atoms with E-state index in [1.807, 2.05) is 28.9 Å². The third kappa shape index (κ3) is 4.61. The molecule has 2 N–H and O–H groups in total. The minimum atomic E-state index is -1.51. The summed E-state index contributed by atoms with van der Waals surface area (Å²) < 4.78 is 15.4. The molecular weight excluding hydrogens is 433 g/mol. The molecule has 0 spiro atoms. The quantitative estimate of drug-likeness (QED) is 0.299. The van der Waals surface area contributed by atoms with Crippen molar-refractivity contribution in [2.75, 3.05) is 5.32 Å². The Hall–Kier alpha value is -4.03. The maximum atomic E-state index is 13.5. The first kappa shape index (κ1) is 20.8. The van der Waals surface area contributed by atoms with Crippen LogP contribution in [0.25, 0.3) is 22.1 Å². The van der Waals surface area contributed by atoms with E-state index < -0.39 is 8.07 Å². The molecule has 0 aliphatic carbocycles. The monoisotopic (exact) mass is 455 g/mol. The first-order valence-corrected chi connectivity index (χ1v) is 14.0. The second-order valence-corrected chi connectivity index (χ2v) is 13.6. The normalized spacial score (nSPS) is 11.5. The summed E-state index contributed by atoms with van der Waals surface area (Å²) in [7, 11) is -1.51. The lowest BCUT2D eigenvalue weighted by molar-refractivity contribution is 0.621. The maximum Gasteiger partial charge on any atom is 0.184 e. The molecule has 7 nitrogen and oxygen atoms in total. The molecule has 0 saturated heterocycles. The van der Waals surface area contributed by atoms with Crippen LogP contribution in [0.4, 0.5) is 15.9 Å². The fourth-order valence-corrected chi connectivity index (χ4v) is 3.96. The highest BCUT2D eigenvalue weighted by molar-refractivity contribution is 6.83. The topological polar surface area (TPSA) is 84.3 Å². The van der Waals surface area contributed by atoms with E-state index >= 15 is 0 Å². The number of imidazole rings is 1. The van der Waals surface area contributed by atoms with Crippen molar-refractivity contribution in [3.05, 3.63) is 72.2 Å². The molecule has 164 valence electrons. The third-order valence-corrected chi connectivity index (χ3v) is 5.85. The molecule has 0 amide bonds. The number of hydrogen-bond donors (Lipinski definition) is 2. The highest BCUT2D eigenvalue weighted by Crippen LogP contribution is 2.25. The van der Waals surface area contributed by atoms with Crippen LogP contribution in [-0.2, 0) is 6.54 Å². The van der Waals surface area contributed by atoms with Gasteiger partial charge < -0.3 is 10.3 Å². The van der Waals surface area contributed by atoms with Crippen LogP contribution in [-0.4, -0.2) is 37.8 Å². The number of benzene rings is 2. The summed E-state index contributed by atoms with van der Waals surface area (Å²) in [5.74, 6) is 4.09. The van der Waals surface area contributed by atoms with E-state index in [9.17, 15) is 4.39 Å². The van der Waals surface area contributed by atoms with Gasteiger partial charge in [0.1, 0.15) is 25.7 Å². The van der Waals surface area contributed by atoms with E-state index in [0.717, 1.165) is 22.2 Å². The maximum absolute atomic E-state index is 13.5. The van der Waals surface area contributed by atoms with E-state index in [2.05, 4.69) is 61.5 Å². The second kappa shape index (κ2) is 8.15. The molecule has 33 heavy (non-hydrogen) atoms. The van der Waals surface area contributed by atoms with Crippen molar-refractivity contribution in [2.24, 2.45) is 0 Å².